The zero-order valence-corrected chi connectivity index (χ0v) is 13.9. The van der Waals surface area contributed by atoms with Gasteiger partial charge in [0.1, 0.15) is 6.04 Å². The number of aliphatic carboxylic acids is 1. The van der Waals surface area contributed by atoms with Gasteiger partial charge < -0.3 is 9.67 Å². The molecule has 0 saturated carbocycles. The molecule has 1 aromatic heterocycles. The van der Waals surface area contributed by atoms with Gasteiger partial charge in [0, 0.05) is 31.4 Å². The lowest BCUT2D eigenvalue weighted by atomic mass is 10.1. The highest BCUT2D eigenvalue weighted by Gasteiger charge is 2.19. The number of carboxylic acid groups (broad SMARTS) is 1. The van der Waals surface area contributed by atoms with Crippen LogP contribution in [0.2, 0.25) is 0 Å². The Hall–Kier alpha value is -2.92. The molecule has 0 spiro atoms. The van der Waals surface area contributed by atoms with Gasteiger partial charge in [-0.15, -0.1) is 0 Å². The van der Waals surface area contributed by atoms with E-state index in [2.05, 4.69) is 10.3 Å². The third-order valence-corrected chi connectivity index (χ3v) is 4.10. The lowest BCUT2D eigenvalue weighted by molar-refractivity contribution is -0.139. The number of benzene rings is 2. The van der Waals surface area contributed by atoms with Crippen LogP contribution in [0.15, 0.2) is 73.2 Å². The predicted octanol–water partition coefficient (Wildman–Crippen LogP) is 2.72. The Morgan fingerprint density at radius 2 is 1.68 bits per heavy atom. The third-order valence-electron chi connectivity index (χ3n) is 4.10. The first-order chi connectivity index (χ1) is 12.2. The van der Waals surface area contributed by atoms with Gasteiger partial charge >= 0.3 is 5.97 Å². The number of aromatic nitrogens is 2. The maximum Gasteiger partial charge on any atom is 0.321 e. The molecule has 0 aliphatic rings. The second-order valence-corrected chi connectivity index (χ2v) is 5.96. The van der Waals surface area contributed by atoms with Crippen LogP contribution < -0.4 is 5.32 Å². The molecule has 2 N–H and O–H groups in total. The van der Waals surface area contributed by atoms with Gasteiger partial charge in [-0.05, 0) is 11.1 Å². The van der Waals surface area contributed by atoms with Gasteiger partial charge in [-0.2, -0.15) is 0 Å². The molecule has 0 aliphatic carbocycles. The van der Waals surface area contributed by atoms with Gasteiger partial charge in [0.2, 0.25) is 0 Å². The lowest BCUT2D eigenvalue weighted by Crippen LogP contribution is -2.38. The molecule has 0 fully saturated rings. The van der Waals surface area contributed by atoms with E-state index in [0.717, 1.165) is 16.8 Å². The van der Waals surface area contributed by atoms with E-state index < -0.39 is 12.0 Å². The van der Waals surface area contributed by atoms with E-state index in [1.807, 2.05) is 65.2 Å². The molecule has 2 aromatic carbocycles. The van der Waals surface area contributed by atoms with Crippen LogP contribution in [0.4, 0.5) is 0 Å². The molecule has 1 heterocycles. The van der Waals surface area contributed by atoms with E-state index in [9.17, 15) is 9.90 Å². The Balaban J connectivity index is 1.66. The lowest BCUT2D eigenvalue weighted by Gasteiger charge is -2.16. The standard InChI is InChI=1S/C20H21N3O2/c24-20(25)19(22-12-16-7-3-1-4-8-16)11-18-13-21-15-23(18)14-17-9-5-2-6-10-17/h1-10,13,15,19,22H,11-12,14H2,(H,24,25)/t19-/m0/s1. The maximum atomic E-state index is 11.6. The molecule has 0 radical (unpaired) electrons. The molecule has 25 heavy (non-hydrogen) atoms. The average Bonchev–Trinajstić information content (AvgIpc) is 3.07. The van der Waals surface area contributed by atoms with Crippen LogP contribution in [0, 0.1) is 0 Å². The van der Waals surface area contributed by atoms with Gasteiger partial charge in [0.05, 0.1) is 6.33 Å². The van der Waals surface area contributed by atoms with Crippen LogP contribution in [-0.4, -0.2) is 26.7 Å². The molecule has 1 atom stereocenters. The van der Waals surface area contributed by atoms with Crippen molar-refractivity contribution in [2.24, 2.45) is 0 Å². The number of rotatable bonds is 8. The summed E-state index contributed by atoms with van der Waals surface area (Å²) >= 11 is 0. The SMILES string of the molecule is O=C(O)[C@H](Cc1cncn1Cc1ccccc1)NCc1ccccc1. The summed E-state index contributed by atoms with van der Waals surface area (Å²) in [6, 6.07) is 19.2. The molecular formula is C20H21N3O2. The molecule has 5 heteroatoms. The van der Waals surface area contributed by atoms with Crippen LogP contribution in [0.3, 0.4) is 0 Å². The Kier molecular flexibility index (Phi) is 5.59. The number of carbonyl (C=O) groups is 1. The summed E-state index contributed by atoms with van der Waals surface area (Å²) in [7, 11) is 0. The zero-order chi connectivity index (χ0) is 17.5. The summed E-state index contributed by atoms with van der Waals surface area (Å²) in [6.45, 7) is 1.20. The van der Waals surface area contributed by atoms with Crippen LogP contribution >= 0.6 is 0 Å². The summed E-state index contributed by atoms with van der Waals surface area (Å²) in [6.07, 6.45) is 3.87. The quantitative estimate of drug-likeness (QED) is 0.664. The minimum atomic E-state index is -0.858. The highest BCUT2D eigenvalue weighted by Crippen LogP contribution is 2.09. The van der Waals surface area contributed by atoms with Crippen LogP contribution in [0.1, 0.15) is 16.8 Å². The number of carboxylic acids is 1. The van der Waals surface area contributed by atoms with Gasteiger partial charge in [0.25, 0.3) is 0 Å². The number of nitrogens with zero attached hydrogens (tertiary/aromatic N) is 2. The molecule has 0 bridgehead atoms. The number of nitrogens with one attached hydrogen (secondary N) is 1. The van der Waals surface area contributed by atoms with Gasteiger partial charge in [0.15, 0.2) is 0 Å². The Labute approximate surface area is 147 Å². The van der Waals surface area contributed by atoms with Crippen molar-refractivity contribution < 1.29 is 9.90 Å². The average molecular weight is 335 g/mol. The third kappa shape index (κ3) is 4.78. The van der Waals surface area contributed by atoms with Gasteiger partial charge in [-0.3, -0.25) is 10.1 Å². The smallest absolute Gasteiger partial charge is 0.321 e. The van der Waals surface area contributed by atoms with E-state index in [4.69, 9.17) is 0 Å². The van der Waals surface area contributed by atoms with Crippen molar-refractivity contribution in [3.8, 4) is 0 Å². The minimum absolute atomic E-state index is 0.384. The Morgan fingerprint density at radius 1 is 1.04 bits per heavy atom. The second-order valence-electron chi connectivity index (χ2n) is 5.96. The van der Waals surface area contributed by atoms with Crippen molar-refractivity contribution in [1.82, 2.24) is 14.9 Å². The van der Waals surface area contributed by atoms with Crippen LogP contribution in [0.25, 0.3) is 0 Å². The summed E-state index contributed by atoms with van der Waals surface area (Å²) in [5.41, 5.74) is 3.12. The van der Waals surface area contributed by atoms with E-state index >= 15 is 0 Å². The fourth-order valence-corrected chi connectivity index (χ4v) is 2.73. The highest BCUT2D eigenvalue weighted by atomic mass is 16.4. The van der Waals surface area contributed by atoms with Crippen LogP contribution in [-0.2, 0) is 24.3 Å². The molecule has 3 aromatic rings. The number of imidazole rings is 1. The summed E-state index contributed by atoms with van der Waals surface area (Å²) < 4.78 is 2.00. The largest absolute Gasteiger partial charge is 0.480 e. The Bertz CT molecular complexity index is 800. The number of hydrogen-bond acceptors (Lipinski definition) is 3. The molecule has 5 nitrogen and oxygen atoms in total. The van der Waals surface area contributed by atoms with Crippen molar-refractivity contribution in [2.75, 3.05) is 0 Å². The molecule has 0 unspecified atom stereocenters. The van der Waals surface area contributed by atoms with E-state index in [0.29, 0.717) is 19.5 Å². The monoisotopic (exact) mass is 335 g/mol. The first kappa shape index (κ1) is 16.9. The van der Waals surface area contributed by atoms with Gasteiger partial charge in [-0.25, -0.2) is 4.98 Å². The first-order valence-corrected chi connectivity index (χ1v) is 8.25. The van der Waals surface area contributed by atoms with E-state index in [1.54, 1.807) is 12.5 Å². The van der Waals surface area contributed by atoms with E-state index in [-0.39, 0.29) is 0 Å². The fourth-order valence-electron chi connectivity index (χ4n) is 2.73. The van der Waals surface area contributed by atoms with Crippen molar-refractivity contribution >= 4 is 5.97 Å². The molecule has 0 aliphatic heterocycles. The van der Waals surface area contributed by atoms with Crippen molar-refractivity contribution in [3.05, 3.63) is 90.0 Å². The fraction of sp³-hybridized carbons (Fsp3) is 0.200. The molecule has 0 saturated heterocycles. The minimum Gasteiger partial charge on any atom is -0.480 e. The zero-order valence-electron chi connectivity index (χ0n) is 13.9. The van der Waals surface area contributed by atoms with Gasteiger partial charge in [-0.1, -0.05) is 60.7 Å². The van der Waals surface area contributed by atoms with Crippen molar-refractivity contribution in [3.63, 3.8) is 0 Å². The number of hydrogen-bond donors (Lipinski definition) is 2. The normalized spacial score (nSPS) is 12.0. The molecular weight excluding hydrogens is 314 g/mol. The molecule has 0 amide bonds. The predicted molar refractivity (Wildman–Crippen MR) is 96.2 cm³/mol. The summed E-state index contributed by atoms with van der Waals surface area (Å²) in [5.74, 6) is -0.858. The Morgan fingerprint density at radius 3 is 2.32 bits per heavy atom. The first-order valence-electron chi connectivity index (χ1n) is 8.25. The van der Waals surface area contributed by atoms with Crippen LogP contribution in [0.5, 0.6) is 0 Å². The van der Waals surface area contributed by atoms with E-state index in [1.165, 1.54) is 0 Å². The molecule has 128 valence electrons. The summed E-state index contributed by atoms with van der Waals surface area (Å²) in [4.78, 5) is 15.8. The summed E-state index contributed by atoms with van der Waals surface area (Å²) in [5, 5.41) is 12.7. The van der Waals surface area contributed by atoms with Crippen molar-refractivity contribution in [2.45, 2.75) is 25.6 Å². The molecule has 3 rings (SSSR count). The maximum absolute atomic E-state index is 11.6. The van der Waals surface area contributed by atoms with Crippen molar-refractivity contribution in [1.29, 1.82) is 0 Å². The highest BCUT2D eigenvalue weighted by molar-refractivity contribution is 5.73. The second kappa shape index (κ2) is 8.26. The topological polar surface area (TPSA) is 67.1 Å².